The molecule has 0 heterocycles. The SMILES string of the molecule is CC(C)CC([SiH2])CC(C)C. The van der Waals surface area contributed by atoms with E-state index in [9.17, 15) is 0 Å². The fourth-order valence-corrected chi connectivity index (χ4v) is 2.76. The highest BCUT2D eigenvalue weighted by molar-refractivity contribution is 6.11. The third-order valence-electron chi connectivity index (χ3n) is 1.61. The molecule has 0 fully saturated rings. The minimum absolute atomic E-state index is 0.876. The molecule has 1 heteroatoms. The smallest absolute Gasteiger partial charge is 0.0121 e. The quantitative estimate of drug-likeness (QED) is 0.550. The highest BCUT2D eigenvalue weighted by Crippen LogP contribution is 2.21. The lowest BCUT2D eigenvalue weighted by Crippen LogP contribution is -2.01. The largest absolute Gasteiger partial charge is 0.0628 e. The molecule has 0 unspecified atom stereocenters. The summed E-state index contributed by atoms with van der Waals surface area (Å²) in [6.07, 6.45) is 2.80. The van der Waals surface area contributed by atoms with Gasteiger partial charge in [0.2, 0.25) is 0 Å². The molecule has 0 aromatic carbocycles. The molecule has 0 N–H and O–H groups in total. The van der Waals surface area contributed by atoms with Crippen LogP contribution in [0.5, 0.6) is 0 Å². The zero-order valence-corrected chi connectivity index (χ0v) is 9.27. The Morgan fingerprint density at radius 2 is 1.20 bits per heavy atom. The van der Waals surface area contributed by atoms with Crippen molar-refractivity contribution in [2.24, 2.45) is 11.8 Å². The monoisotopic (exact) mass is 157 g/mol. The van der Waals surface area contributed by atoms with Crippen LogP contribution in [0.4, 0.5) is 0 Å². The van der Waals surface area contributed by atoms with Gasteiger partial charge in [-0.25, -0.2) is 0 Å². The van der Waals surface area contributed by atoms with Gasteiger partial charge in [-0.1, -0.05) is 46.1 Å². The number of rotatable bonds is 4. The molecular formula is C9H21Si. The van der Waals surface area contributed by atoms with Crippen LogP contribution in [0.1, 0.15) is 40.5 Å². The first-order valence-electron chi connectivity index (χ1n) is 4.35. The lowest BCUT2D eigenvalue weighted by molar-refractivity contribution is 0.481. The van der Waals surface area contributed by atoms with Crippen molar-refractivity contribution in [1.82, 2.24) is 0 Å². The van der Waals surface area contributed by atoms with Crippen LogP contribution in [-0.4, -0.2) is 10.2 Å². The zero-order chi connectivity index (χ0) is 8.15. The summed E-state index contributed by atoms with van der Waals surface area (Å²) < 4.78 is 0. The van der Waals surface area contributed by atoms with Crippen LogP contribution in [0.25, 0.3) is 0 Å². The fraction of sp³-hybridized carbons (Fsp3) is 1.00. The molecule has 1 radical (unpaired) electrons. The fourth-order valence-electron chi connectivity index (χ4n) is 1.43. The van der Waals surface area contributed by atoms with Gasteiger partial charge in [0.25, 0.3) is 0 Å². The molecule has 0 spiro atoms. The molecule has 0 aliphatic carbocycles. The molecule has 61 valence electrons. The summed E-state index contributed by atoms with van der Waals surface area (Å²) >= 11 is 0. The summed E-state index contributed by atoms with van der Waals surface area (Å²) in [5.41, 5.74) is 0.944. The normalized spacial score (nSPS) is 12.0. The molecule has 0 aromatic rings. The van der Waals surface area contributed by atoms with Crippen LogP contribution < -0.4 is 0 Å². The van der Waals surface area contributed by atoms with E-state index < -0.39 is 0 Å². The summed E-state index contributed by atoms with van der Waals surface area (Å²) in [6.45, 7) is 9.23. The van der Waals surface area contributed by atoms with Crippen molar-refractivity contribution in [2.45, 2.75) is 46.1 Å². The first-order chi connectivity index (χ1) is 4.52. The Hall–Kier alpha value is 0.217. The first-order valence-corrected chi connectivity index (χ1v) is 5.17. The van der Waals surface area contributed by atoms with Gasteiger partial charge < -0.3 is 0 Å². The molecule has 10 heavy (non-hydrogen) atoms. The predicted molar refractivity (Wildman–Crippen MR) is 51.2 cm³/mol. The van der Waals surface area contributed by atoms with E-state index in [4.69, 9.17) is 0 Å². The average molecular weight is 157 g/mol. The van der Waals surface area contributed by atoms with Gasteiger partial charge in [0.05, 0.1) is 0 Å². The Kier molecular flexibility index (Phi) is 5.05. The first kappa shape index (κ1) is 10.2. The lowest BCUT2D eigenvalue weighted by atomic mass is 10.0. The zero-order valence-electron chi connectivity index (χ0n) is 7.85. The van der Waals surface area contributed by atoms with Gasteiger partial charge >= 0.3 is 0 Å². The van der Waals surface area contributed by atoms with Gasteiger partial charge in [-0.2, -0.15) is 0 Å². The lowest BCUT2D eigenvalue weighted by Gasteiger charge is -2.15. The highest BCUT2D eigenvalue weighted by atomic mass is 28.1. The van der Waals surface area contributed by atoms with Gasteiger partial charge in [-0.3, -0.25) is 0 Å². The van der Waals surface area contributed by atoms with E-state index in [0.717, 1.165) is 17.4 Å². The molecule has 0 aliphatic heterocycles. The van der Waals surface area contributed by atoms with E-state index in [0.29, 0.717) is 0 Å². The van der Waals surface area contributed by atoms with Gasteiger partial charge in [0, 0.05) is 10.2 Å². The molecule has 0 saturated heterocycles. The van der Waals surface area contributed by atoms with Crippen LogP contribution in [0.3, 0.4) is 0 Å². The Bertz CT molecular complexity index is 66.8. The van der Waals surface area contributed by atoms with Crippen LogP contribution in [0.15, 0.2) is 0 Å². The van der Waals surface area contributed by atoms with Gasteiger partial charge in [0.1, 0.15) is 0 Å². The predicted octanol–water partition coefficient (Wildman–Crippen LogP) is 2.50. The van der Waals surface area contributed by atoms with Gasteiger partial charge in [0.15, 0.2) is 0 Å². The summed E-state index contributed by atoms with van der Waals surface area (Å²) in [6, 6.07) is 0. The molecule has 0 saturated carbocycles. The standard InChI is InChI=1S/C9H21Si/c1-7(2)5-9(10)6-8(3)4/h7-9H,5-6,10H2,1-4H3. The second kappa shape index (κ2) is 4.95. The molecular weight excluding hydrogens is 136 g/mol. The average Bonchev–Trinajstić information content (AvgIpc) is 1.58. The maximum atomic E-state index is 2.31. The molecule has 0 aliphatic rings. The Morgan fingerprint density at radius 1 is 0.900 bits per heavy atom. The van der Waals surface area contributed by atoms with Crippen LogP contribution in [0.2, 0.25) is 5.54 Å². The summed E-state index contributed by atoms with van der Waals surface area (Å²) in [5.74, 6) is 1.75. The topological polar surface area (TPSA) is 0 Å². The van der Waals surface area contributed by atoms with Crippen LogP contribution in [-0.2, 0) is 0 Å². The van der Waals surface area contributed by atoms with Crippen LogP contribution >= 0.6 is 0 Å². The van der Waals surface area contributed by atoms with E-state index in [1.807, 2.05) is 0 Å². The maximum absolute atomic E-state index is 2.31. The minimum Gasteiger partial charge on any atom is -0.0628 e. The third-order valence-corrected chi connectivity index (χ3v) is 2.28. The number of hydrogen-bond donors (Lipinski definition) is 0. The van der Waals surface area contributed by atoms with E-state index in [1.165, 1.54) is 12.8 Å². The van der Waals surface area contributed by atoms with Crippen molar-refractivity contribution < 1.29 is 0 Å². The summed E-state index contributed by atoms with van der Waals surface area (Å²) in [5, 5.41) is 0. The number of hydrogen-bond acceptors (Lipinski definition) is 0. The van der Waals surface area contributed by atoms with E-state index in [1.54, 1.807) is 0 Å². The summed E-state index contributed by atoms with van der Waals surface area (Å²) in [4.78, 5) is 0. The molecule has 0 rings (SSSR count). The second-order valence-electron chi connectivity index (χ2n) is 4.13. The van der Waals surface area contributed by atoms with Crippen molar-refractivity contribution in [1.29, 1.82) is 0 Å². The van der Waals surface area contributed by atoms with Gasteiger partial charge in [-0.05, 0) is 11.8 Å². The molecule has 0 aromatic heterocycles. The minimum atomic E-state index is 0.876. The Balaban J connectivity index is 3.34. The summed E-state index contributed by atoms with van der Waals surface area (Å²) in [7, 11) is 2.17. The van der Waals surface area contributed by atoms with E-state index in [2.05, 4.69) is 37.9 Å². The Morgan fingerprint density at radius 3 is 1.40 bits per heavy atom. The van der Waals surface area contributed by atoms with Crippen molar-refractivity contribution in [3.8, 4) is 0 Å². The van der Waals surface area contributed by atoms with E-state index in [-0.39, 0.29) is 0 Å². The third kappa shape index (κ3) is 6.34. The second-order valence-corrected chi connectivity index (χ2v) is 5.28. The van der Waals surface area contributed by atoms with Crippen molar-refractivity contribution in [2.75, 3.05) is 0 Å². The Labute approximate surface area is 68.8 Å². The van der Waals surface area contributed by atoms with Crippen molar-refractivity contribution >= 4 is 10.2 Å². The maximum Gasteiger partial charge on any atom is 0.0121 e. The highest BCUT2D eigenvalue weighted by Gasteiger charge is 2.06. The van der Waals surface area contributed by atoms with E-state index >= 15 is 0 Å². The molecule has 0 amide bonds. The van der Waals surface area contributed by atoms with Crippen molar-refractivity contribution in [3.63, 3.8) is 0 Å². The molecule has 0 nitrogen and oxygen atoms in total. The molecule has 0 atom stereocenters. The van der Waals surface area contributed by atoms with Crippen LogP contribution in [0, 0.1) is 11.8 Å². The molecule has 0 bridgehead atoms. The van der Waals surface area contributed by atoms with Gasteiger partial charge in [-0.15, -0.1) is 0 Å². The van der Waals surface area contributed by atoms with Crippen molar-refractivity contribution in [3.05, 3.63) is 0 Å².